The highest BCUT2D eigenvalue weighted by molar-refractivity contribution is 5.82. The third-order valence-corrected chi connectivity index (χ3v) is 10.8. The lowest BCUT2D eigenvalue weighted by atomic mass is 9.58. The van der Waals surface area contributed by atoms with Crippen LogP contribution in [0.5, 0.6) is 0 Å². The molecule has 2 aromatic rings. The molecule has 3 heterocycles. The van der Waals surface area contributed by atoms with E-state index in [0.29, 0.717) is 17.9 Å². The zero-order valence-corrected chi connectivity index (χ0v) is 20.4. The molecule has 2 aliphatic heterocycles. The van der Waals surface area contributed by atoms with Crippen molar-refractivity contribution in [3.63, 3.8) is 0 Å². The molecule has 1 N–H and O–H groups in total. The van der Waals surface area contributed by atoms with Gasteiger partial charge in [0.25, 0.3) is 0 Å². The summed E-state index contributed by atoms with van der Waals surface area (Å²) in [4.78, 5) is 4.39. The van der Waals surface area contributed by atoms with Crippen molar-refractivity contribution in [2.45, 2.75) is 100 Å². The van der Waals surface area contributed by atoms with Crippen LogP contribution in [0.25, 0.3) is 10.8 Å². The van der Waals surface area contributed by atoms with Crippen molar-refractivity contribution in [3.05, 3.63) is 65.5 Å². The maximum absolute atomic E-state index is 7.46. The second kappa shape index (κ2) is 6.83. The van der Waals surface area contributed by atoms with Crippen molar-refractivity contribution in [1.82, 2.24) is 10.3 Å². The maximum Gasteiger partial charge on any atom is 0.0974 e. The lowest BCUT2D eigenvalue weighted by molar-refractivity contribution is -0.136. The number of aromatic nitrogens is 1. The summed E-state index contributed by atoms with van der Waals surface area (Å²) in [6, 6.07) is 10.7. The molecule has 4 fully saturated rings. The standard InChI is InChI=1S/C31H36N2O/c1-29-12-10-24-17-23-4-5-26(33-25-6-7-25)18-30(23)13-14-31(24,34-30)28(29)9-8-27(29)21-3-2-20-11-15-32-19-22(20)16-21/h2-3,10-11,15-17,19,25-28,33H,4-9,12-14,18H2,1H3/t26-,27?,28+,29+,30+,31?/m0/s1. The Balaban J connectivity index is 1.15. The van der Waals surface area contributed by atoms with Crippen molar-refractivity contribution in [1.29, 1.82) is 0 Å². The van der Waals surface area contributed by atoms with E-state index in [1.807, 2.05) is 12.4 Å². The summed E-state index contributed by atoms with van der Waals surface area (Å²) < 4.78 is 7.46. The number of allylic oxidation sites excluding steroid dienone is 1. The number of fused-ring (bicyclic) bond motifs is 2. The predicted octanol–water partition coefficient (Wildman–Crippen LogP) is 6.60. The summed E-state index contributed by atoms with van der Waals surface area (Å²) >= 11 is 0. The summed E-state index contributed by atoms with van der Waals surface area (Å²) in [6.45, 7) is 2.58. The molecule has 8 rings (SSSR count). The smallest absolute Gasteiger partial charge is 0.0974 e. The number of benzene rings is 1. The summed E-state index contributed by atoms with van der Waals surface area (Å²) in [5.74, 6) is 1.21. The highest BCUT2D eigenvalue weighted by Crippen LogP contribution is 2.69. The number of nitrogens with zero attached hydrogens (tertiary/aromatic N) is 1. The normalized spacial score (nSPS) is 42.6. The van der Waals surface area contributed by atoms with Gasteiger partial charge in [-0.1, -0.05) is 31.2 Å². The topological polar surface area (TPSA) is 34.1 Å². The predicted molar refractivity (Wildman–Crippen MR) is 136 cm³/mol. The van der Waals surface area contributed by atoms with Crippen molar-refractivity contribution in [3.8, 4) is 0 Å². The number of hydrogen-bond donors (Lipinski definition) is 1. The Labute approximate surface area is 203 Å². The number of pyridine rings is 1. The third-order valence-electron chi connectivity index (χ3n) is 10.8. The number of rotatable bonds is 3. The molecule has 6 atom stereocenters. The first kappa shape index (κ1) is 20.2. The molecule has 2 bridgehead atoms. The van der Waals surface area contributed by atoms with Crippen LogP contribution in [0.15, 0.2) is 60.0 Å². The third kappa shape index (κ3) is 2.69. The minimum atomic E-state index is -0.0505. The first-order chi connectivity index (χ1) is 16.6. The summed E-state index contributed by atoms with van der Waals surface area (Å²) in [7, 11) is 0. The number of nitrogens with one attached hydrogen (secondary N) is 1. The Morgan fingerprint density at radius 2 is 1.94 bits per heavy atom. The molecule has 0 amide bonds. The molecule has 2 unspecified atom stereocenters. The maximum atomic E-state index is 7.46. The van der Waals surface area contributed by atoms with Gasteiger partial charge in [0.1, 0.15) is 0 Å². The van der Waals surface area contributed by atoms with E-state index in [9.17, 15) is 0 Å². The van der Waals surface area contributed by atoms with E-state index >= 15 is 0 Å². The van der Waals surface area contributed by atoms with E-state index in [-0.39, 0.29) is 16.6 Å². The molecule has 2 spiro atoms. The molecule has 1 saturated heterocycles. The second-order valence-electron chi connectivity index (χ2n) is 12.6. The molecule has 0 radical (unpaired) electrons. The molecule has 4 aliphatic carbocycles. The van der Waals surface area contributed by atoms with Crippen molar-refractivity contribution in [2.75, 3.05) is 0 Å². The van der Waals surface area contributed by atoms with Gasteiger partial charge < -0.3 is 10.1 Å². The van der Waals surface area contributed by atoms with Crippen LogP contribution in [-0.2, 0) is 4.74 Å². The lowest BCUT2D eigenvalue weighted by Gasteiger charge is -2.54. The summed E-state index contributed by atoms with van der Waals surface area (Å²) in [6.07, 6.45) is 21.7. The van der Waals surface area contributed by atoms with Gasteiger partial charge in [0.15, 0.2) is 0 Å². The monoisotopic (exact) mass is 452 g/mol. The van der Waals surface area contributed by atoms with Crippen LogP contribution in [0.2, 0.25) is 0 Å². The van der Waals surface area contributed by atoms with E-state index in [0.717, 1.165) is 6.04 Å². The zero-order chi connectivity index (χ0) is 22.5. The Morgan fingerprint density at radius 3 is 2.85 bits per heavy atom. The van der Waals surface area contributed by atoms with Gasteiger partial charge in [-0.05, 0) is 116 Å². The van der Waals surface area contributed by atoms with E-state index < -0.39 is 0 Å². The van der Waals surface area contributed by atoms with Crippen LogP contribution >= 0.6 is 0 Å². The molecular weight excluding hydrogens is 416 g/mol. The summed E-state index contributed by atoms with van der Waals surface area (Å²) in [5.41, 5.74) is 4.87. The van der Waals surface area contributed by atoms with Crippen LogP contribution in [0, 0.1) is 11.3 Å². The molecule has 3 heteroatoms. The van der Waals surface area contributed by atoms with Crippen molar-refractivity contribution in [2.24, 2.45) is 11.3 Å². The molecule has 3 saturated carbocycles. The van der Waals surface area contributed by atoms with Crippen LogP contribution in [-0.4, -0.2) is 28.3 Å². The molecule has 1 aromatic heterocycles. The van der Waals surface area contributed by atoms with Crippen LogP contribution in [0.3, 0.4) is 0 Å². The number of ether oxygens (including phenoxy) is 1. The molecule has 1 aromatic carbocycles. The van der Waals surface area contributed by atoms with Gasteiger partial charge >= 0.3 is 0 Å². The van der Waals surface area contributed by atoms with E-state index in [1.54, 1.807) is 5.57 Å². The minimum absolute atomic E-state index is 0.00705. The Morgan fingerprint density at radius 1 is 1.00 bits per heavy atom. The van der Waals surface area contributed by atoms with Crippen LogP contribution in [0.4, 0.5) is 0 Å². The average Bonchev–Trinajstić information content (AvgIpc) is 3.52. The van der Waals surface area contributed by atoms with Gasteiger partial charge in [-0.15, -0.1) is 0 Å². The first-order valence-electron chi connectivity index (χ1n) is 13.8. The van der Waals surface area contributed by atoms with E-state index in [1.165, 1.54) is 86.1 Å². The van der Waals surface area contributed by atoms with Gasteiger partial charge in [0.2, 0.25) is 0 Å². The van der Waals surface area contributed by atoms with Gasteiger partial charge in [0.05, 0.1) is 11.2 Å². The highest BCUT2D eigenvalue weighted by atomic mass is 16.5. The van der Waals surface area contributed by atoms with Crippen molar-refractivity contribution >= 4 is 10.8 Å². The average molecular weight is 453 g/mol. The molecule has 3 nitrogen and oxygen atoms in total. The molecule has 6 aliphatic rings. The fraction of sp³-hybridized carbons (Fsp3) is 0.581. The van der Waals surface area contributed by atoms with Gasteiger partial charge in [-0.25, -0.2) is 0 Å². The van der Waals surface area contributed by atoms with Gasteiger partial charge in [-0.2, -0.15) is 0 Å². The Bertz CT molecular complexity index is 1240. The molecule has 34 heavy (non-hydrogen) atoms. The fourth-order valence-corrected chi connectivity index (χ4v) is 9.00. The largest absolute Gasteiger partial charge is 0.359 e. The SMILES string of the molecule is C[C@]12CC=C3C=C4CC[C@H](NC5CC5)C[C@]45CCC3(O5)[C@@H]1CCC2c1ccc2ccncc2c1. The lowest BCUT2D eigenvalue weighted by Crippen LogP contribution is -2.55. The highest BCUT2D eigenvalue weighted by Gasteiger charge is 2.66. The summed E-state index contributed by atoms with van der Waals surface area (Å²) in [5, 5.41) is 6.51. The second-order valence-corrected chi connectivity index (χ2v) is 12.6. The van der Waals surface area contributed by atoms with Gasteiger partial charge in [-0.3, -0.25) is 4.98 Å². The van der Waals surface area contributed by atoms with E-state index in [2.05, 4.69) is 53.6 Å². The van der Waals surface area contributed by atoms with E-state index in [4.69, 9.17) is 4.74 Å². The molecular formula is C31H36N2O. The number of hydrogen-bond acceptors (Lipinski definition) is 3. The minimum Gasteiger partial charge on any atom is -0.359 e. The van der Waals surface area contributed by atoms with Crippen molar-refractivity contribution < 1.29 is 4.74 Å². The Hall–Kier alpha value is -1.97. The van der Waals surface area contributed by atoms with Crippen LogP contribution < -0.4 is 5.32 Å². The van der Waals surface area contributed by atoms with Crippen LogP contribution in [0.1, 0.15) is 82.6 Å². The first-order valence-corrected chi connectivity index (χ1v) is 13.8. The molecule has 176 valence electrons. The quantitative estimate of drug-likeness (QED) is 0.570. The fourth-order valence-electron chi connectivity index (χ4n) is 9.00. The Kier molecular flexibility index (Phi) is 4.06. The zero-order valence-electron chi connectivity index (χ0n) is 20.4. The van der Waals surface area contributed by atoms with Gasteiger partial charge in [0, 0.05) is 29.9 Å².